The van der Waals surface area contributed by atoms with Crippen LogP contribution in [0.25, 0.3) is 0 Å². The minimum absolute atomic E-state index is 0.231. The van der Waals surface area contributed by atoms with Crippen LogP contribution in [0.2, 0.25) is 0 Å². The van der Waals surface area contributed by atoms with Gasteiger partial charge in [0.15, 0.2) is 0 Å². The van der Waals surface area contributed by atoms with Crippen LogP contribution in [0.4, 0.5) is 0 Å². The van der Waals surface area contributed by atoms with Crippen LogP contribution in [0.5, 0.6) is 5.88 Å². The lowest BCUT2D eigenvalue weighted by Crippen LogP contribution is -2.19. The van der Waals surface area contributed by atoms with E-state index < -0.39 is 27.3 Å². The largest absolute Gasteiger partial charge is 0.493 e. The molecule has 0 saturated heterocycles. The highest BCUT2D eigenvalue weighted by molar-refractivity contribution is 7.85. The third kappa shape index (κ3) is 2.39. The predicted octanol–water partition coefficient (Wildman–Crippen LogP) is -0.650. The van der Waals surface area contributed by atoms with Crippen LogP contribution in [0.1, 0.15) is 11.1 Å². The Morgan fingerprint density at radius 3 is 2.56 bits per heavy atom. The third-order valence-electron chi connectivity index (χ3n) is 1.94. The van der Waals surface area contributed by atoms with Gasteiger partial charge < -0.3 is 5.11 Å². The summed E-state index contributed by atoms with van der Waals surface area (Å²) in [6.45, 7) is 0. The van der Waals surface area contributed by atoms with Crippen molar-refractivity contribution < 1.29 is 18.1 Å². The van der Waals surface area contributed by atoms with E-state index in [1.165, 1.54) is 7.05 Å². The van der Waals surface area contributed by atoms with Gasteiger partial charge in [-0.1, -0.05) is 0 Å². The molecule has 0 bridgehead atoms. The number of aromatic hydroxyl groups is 1. The van der Waals surface area contributed by atoms with Crippen molar-refractivity contribution in [3.63, 3.8) is 0 Å². The molecule has 0 atom stereocenters. The Morgan fingerprint density at radius 2 is 2.12 bits per heavy atom. The molecule has 0 spiro atoms. The number of hydrogen-bond donors (Lipinski definition) is 2. The van der Waals surface area contributed by atoms with Gasteiger partial charge in [-0.3, -0.25) is 13.9 Å². The molecule has 1 aromatic rings. The normalized spacial score (nSPS) is 11.1. The van der Waals surface area contributed by atoms with Gasteiger partial charge in [0, 0.05) is 13.1 Å². The maximum atomic E-state index is 11.2. The van der Waals surface area contributed by atoms with Crippen molar-refractivity contribution in [1.29, 1.82) is 5.26 Å². The summed E-state index contributed by atoms with van der Waals surface area (Å²) < 4.78 is 30.7. The molecule has 1 rings (SSSR count). The van der Waals surface area contributed by atoms with Crippen LogP contribution in [0.15, 0.2) is 10.9 Å². The Morgan fingerprint density at radius 1 is 1.56 bits per heavy atom. The van der Waals surface area contributed by atoms with E-state index in [0.717, 1.165) is 10.6 Å². The van der Waals surface area contributed by atoms with Gasteiger partial charge in [-0.25, -0.2) is 0 Å². The van der Waals surface area contributed by atoms with Crippen LogP contribution in [-0.2, 0) is 22.9 Å². The molecule has 0 radical (unpaired) electrons. The average Bonchev–Trinajstić information content (AvgIpc) is 2.12. The number of rotatable bonds is 2. The molecule has 0 saturated carbocycles. The smallest absolute Gasteiger partial charge is 0.269 e. The second kappa shape index (κ2) is 3.96. The topological polar surface area (TPSA) is 120 Å². The Labute approximate surface area is 90.9 Å². The molecular weight excluding hydrogens is 236 g/mol. The van der Waals surface area contributed by atoms with Crippen LogP contribution in [0, 0.1) is 11.3 Å². The molecule has 0 unspecified atom stereocenters. The Bertz CT molecular complexity index is 623. The van der Waals surface area contributed by atoms with E-state index in [0.29, 0.717) is 0 Å². The molecule has 0 fully saturated rings. The van der Waals surface area contributed by atoms with E-state index in [9.17, 15) is 18.3 Å². The van der Waals surface area contributed by atoms with Crippen LogP contribution in [-0.4, -0.2) is 22.6 Å². The van der Waals surface area contributed by atoms with Crippen molar-refractivity contribution in [2.75, 3.05) is 0 Å². The summed E-state index contributed by atoms with van der Waals surface area (Å²) in [5.74, 6) is -1.52. The quantitative estimate of drug-likeness (QED) is 0.667. The Balaban J connectivity index is 3.54. The molecule has 8 heteroatoms. The van der Waals surface area contributed by atoms with Gasteiger partial charge >= 0.3 is 0 Å². The zero-order chi connectivity index (χ0) is 12.5. The standard InChI is InChI=1S/C8H8N2O5S/c1-10-7(11)2-5(4-16(13,14)15)6(3-9)8(10)12/h2,12H,4H2,1H3,(H,13,14,15). The fraction of sp³-hybridized carbons (Fsp3) is 0.250. The molecule has 16 heavy (non-hydrogen) atoms. The molecule has 0 aliphatic carbocycles. The van der Waals surface area contributed by atoms with Crippen molar-refractivity contribution in [3.05, 3.63) is 27.5 Å². The molecule has 0 aliphatic heterocycles. The van der Waals surface area contributed by atoms with Crippen molar-refractivity contribution in [2.45, 2.75) is 5.75 Å². The Hall–Kier alpha value is -1.85. The van der Waals surface area contributed by atoms with Crippen LogP contribution < -0.4 is 5.56 Å². The zero-order valence-electron chi connectivity index (χ0n) is 8.21. The van der Waals surface area contributed by atoms with E-state index in [4.69, 9.17) is 9.81 Å². The minimum atomic E-state index is -4.37. The zero-order valence-corrected chi connectivity index (χ0v) is 9.02. The van der Waals surface area contributed by atoms with Gasteiger partial charge in [0.25, 0.3) is 15.7 Å². The summed E-state index contributed by atoms with van der Waals surface area (Å²) in [4.78, 5) is 11.2. The maximum Gasteiger partial charge on any atom is 0.269 e. The lowest BCUT2D eigenvalue weighted by atomic mass is 10.1. The van der Waals surface area contributed by atoms with Crippen LogP contribution in [0.3, 0.4) is 0 Å². The number of aromatic nitrogens is 1. The summed E-state index contributed by atoms with van der Waals surface area (Å²) in [5.41, 5.74) is -1.25. The monoisotopic (exact) mass is 244 g/mol. The van der Waals surface area contributed by atoms with Gasteiger partial charge in [-0.2, -0.15) is 13.7 Å². The van der Waals surface area contributed by atoms with E-state index >= 15 is 0 Å². The molecule has 0 amide bonds. The first-order valence-corrected chi connectivity index (χ1v) is 5.64. The molecular formula is C8H8N2O5S. The second-order valence-corrected chi connectivity index (χ2v) is 4.56. The Kier molecular flexibility index (Phi) is 3.02. The maximum absolute atomic E-state index is 11.2. The molecule has 0 aromatic carbocycles. The first-order valence-electron chi connectivity index (χ1n) is 4.03. The van der Waals surface area contributed by atoms with Crippen molar-refractivity contribution in [3.8, 4) is 11.9 Å². The van der Waals surface area contributed by atoms with Crippen LogP contribution >= 0.6 is 0 Å². The van der Waals surface area contributed by atoms with Crippen molar-refractivity contribution in [1.82, 2.24) is 4.57 Å². The van der Waals surface area contributed by atoms with E-state index in [2.05, 4.69) is 0 Å². The SMILES string of the molecule is Cn1c(O)c(C#N)c(CS(=O)(=O)O)cc1=O. The average molecular weight is 244 g/mol. The van der Waals surface area contributed by atoms with Crippen molar-refractivity contribution in [2.24, 2.45) is 7.05 Å². The lowest BCUT2D eigenvalue weighted by Gasteiger charge is -2.07. The third-order valence-corrected chi connectivity index (χ3v) is 2.62. The fourth-order valence-corrected chi connectivity index (χ4v) is 1.79. The van der Waals surface area contributed by atoms with Gasteiger partial charge in [0.2, 0.25) is 5.88 Å². The van der Waals surface area contributed by atoms with Gasteiger partial charge in [0.05, 0.1) is 0 Å². The summed E-state index contributed by atoms with van der Waals surface area (Å²) >= 11 is 0. The number of nitriles is 1. The summed E-state index contributed by atoms with van der Waals surface area (Å²) in [6.07, 6.45) is 0. The predicted molar refractivity (Wildman–Crippen MR) is 53.3 cm³/mol. The highest BCUT2D eigenvalue weighted by Crippen LogP contribution is 2.18. The number of nitrogens with zero attached hydrogens (tertiary/aromatic N) is 2. The highest BCUT2D eigenvalue weighted by Gasteiger charge is 2.17. The second-order valence-electron chi connectivity index (χ2n) is 3.10. The van der Waals surface area contributed by atoms with Gasteiger partial charge in [-0.15, -0.1) is 0 Å². The summed E-state index contributed by atoms with van der Waals surface area (Å²) in [5, 5.41) is 18.1. The van der Waals surface area contributed by atoms with E-state index in [1.54, 1.807) is 6.07 Å². The lowest BCUT2D eigenvalue weighted by molar-refractivity contribution is 0.420. The molecule has 86 valence electrons. The first kappa shape index (κ1) is 12.2. The van der Waals surface area contributed by atoms with Gasteiger partial charge in [0.1, 0.15) is 17.4 Å². The highest BCUT2D eigenvalue weighted by atomic mass is 32.2. The summed E-state index contributed by atoms with van der Waals surface area (Å²) in [7, 11) is -3.13. The minimum Gasteiger partial charge on any atom is -0.493 e. The molecule has 7 nitrogen and oxygen atoms in total. The van der Waals surface area contributed by atoms with E-state index in [1.807, 2.05) is 0 Å². The molecule has 2 N–H and O–H groups in total. The number of pyridine rings is 1. The number of hydrogen-bond acceptors (Lipinski definition) is 5. The molecule has 1 aromatic heterocycles. The summed E-state index contributed by atoms with van der Waals surface area (Å²) in [6, 6.07) is 2.45. The van der Waals surface area contributed by atoms with E-state index in [-0.39, 0.29) is 11.1 Å². The molecule has 0 aliphatic rings. The van der Waals surface area contributed by atoms with Crippen molar-refractivity contribution >= 4 is 10.1 Å². The first-order chi connectivity index (χ1) is 7.26. The molecule has 1 heterocycles. The van der Waals surface area contributed by atoms with Gasteiger partial charge in [-0.05, 0) is 5.56 Å². The fourth-order valence-electron chi connectivity index (χ4n) is 1.17.